The summed E-state index contributed by atoms with van der Waals surface area (Å²) in [4.78, 5) is 0. The number of nitrogens with one attached hydrogen (secondary N) is 1. The predicted octanol–water partition coefficient (Wildman–Crippen LogP) is 2.66. The highest BCUT2D eigenvalue weighted by molar-refractivity contribution is 7.08. The molecule has 0 aromatic carbocycles. The summed E-state index contributed by atoms with van der Waals surface area (Å²) in [5.41, 5.74) is 2.56. The van der Waals surface area contributed by atoms with E-state index in [1.165, 1.54) is 11.3 Å². The second-order valence-corrected chi connectivity index (χ2v) is 4.40. The van der Waals surface area contributed by atoms with Gasteiger partial charge in [-0.15, -0.1) is 0 Å². The van der Waals surface area contributed by atoms with Crippen molar-refractivity contribution in [3.8, 4) is 0 Å². The summed E-state index contributed by atoms with van der Waals surface area (Å²) >= 11 is 1.73. The molecule has 0 spiro atoms. The Bertz CT molecular complexity index is 419. The third-order valence-corrected chi connectivity index (χ3v) is 3.33. The first-order valence-corrected chi connectivity index (χ1v) is 6.58. The largest absolute Gasteiger partial charge is 0.305 e. The van der Waals surface area contributed by atoms with Crippen molar-refractivity contribution < 1.29 is 0 Å². The molecule has 1 atom stereocenters. The first-order valence-electron chi connectivity index (χ1n) is 5.64. The van der Waals surface area contributed by atoms with Gasteiger partial charge in [-0.25, -0.2) is 0 Å². The molecule has 0 saturated carbocycles. The summed E-state index contributed by atoms with van der Waals surface area (Å²) in [6.45, 7) is 6.11. The topological polar surface area (TPSA) is 29.9 Å². The van der Waals surface area contributed by atoms with Crippen LogP contribution in [-0.4, -0.2) is 16.3 Å². The summed E-state index contributed by atoms with van der Waals surface area (Å²) < 4.78 is 2.05. The number of nitrogens with zero attached hydrogens (tertiary/aromatic N) is 2. The lowest BCUT2D eigenvalue weighted by molar-refractivity contribution is 0.543. The molecule has 0 radical (unpaired) electrons. The van der Waals surface area contributed by atoms with Crippen LogP contribution >= 0.6 is 11.3 Å². The zero-order valence-corrected chi connectivity index (χ0v) is 10.5. The average molecular weight is 235 g/mol. The van der Waals surface area contributed by atoms with E-state index in [-0.39, 0.29) is 6.04 Å². The van der Waals surface area contributed by atoms with Gasteiger partial charge < -0.3 is 5.32 Å². The number of thiophene rings is 1. The molecule has 0 saturated heterocycles. The van der Waals surface area contributed by atoms with Crippen LogP contribution in [-0.2, 0) is 6.54 Å². The standard InChI is InChI=1S/C12H17N3S/c1-3-13-12(10-6-8-16-9-10)11-5-7-14-15(11)4-2/h5-9,12-13H,3-4H2,1-2H3. The molecular weight excluding hydrogens is 218 g/mol. The monoisotopic (exact) mass is 235 g/mol. The fraction of sp³-hybridized carbons (Fsp3) is 0.417. The smallest absolute Gasteiger partial charge is 0.0756 e. The minimum atomic E-state index is 0.263. The average Bonchev–Trinajstić information content (AvgIpc) is 2.96. The third-order valence-electron chi connectivity index (χ3n) is 2.63. The van der Waals surface area contributed by atoms with Crippen LogP contribution in [0.25, 0.3) is 0 Å². The van der Waals surface area contributed by atoms with E-state index >= 15 is 0 Å². The van der Waals surface area contributed by atoms with Crippen LogP contribution in [0.3, 0.4) is 0 Å². The summed E-state index contributed by atoms with van der Waals surface area (Å²) in [5, 5.41) is 12.1. The molecule has 2 aromatic rings. The Morgan fingerprint density at radius 1 is 1.44 bits per heavy atom. The summed E-state index contributed by atoms with van der Waals surface area (Å²) in [6, 6.07) is 4.53. The number of rotatable bonds is 5. The molecule has 0 aliphatic heterocycles. The lowest BCUT2D eigenvalue weighted by Gasteiger charge is -2.18. The van der Waals surface area contributed by atoms with Crippen molar-refractivity contribution >= 4 is 11.3 Å². The maximum atomic E-state index is 4.33. The van der Waals surface area contributed by atoms with Gasteiger partial charge in [-0.2, -0.15) is 16.4 Å². The molecule has 0 fully saturated rings. The highest BCUT2D eigenvalue weighted by atomic mass is 32.1. The number of hydrogen-bond acceptors (Lipinski definition) is 3. The zero-order chi connectivity index (χ0) is 11.4. The molecule has 4 heteroatoms. The highest BCUT2D eigenvalue weighted by Gasteiger charge is 2.16. The van der Waals surface area contributed by atoms with Crippen molar-refractivity contribution in [1.29, 1.82) is 0 Å². The van der Waals surface area contributed by atoms with Crippen molar-refractivity contribution in [3.05, 3.63) is 40.3 Å². The van der Waals surface area contributed by atoms with E-state index in [9.17, 15) is 0 Å². The molecule has 0 aliphatic rings. The van der Waals surface area contributed by atoms with Gasteiger partial charge in [0.15, 0.2) is 0 Å². The first kappa shape index (κ1) is 11.4. The second kappa shape index (κ2) is 5.27. The molecule has 1 unspecified atom stereocenters. The van der Waals surface area contributed by atoms with Gasteiger partial charge >= 0.3 is 0 Å². The van der Waals surface area contributed by atoms with Crippen LogP contribution < -0.4 is 5.32 Å². The molecule has 3 nitrogen and oxygen atoms in total. The third kappa shape index (κ3) is 2.18. The normalized spacial score (nSPS) is 12.9. The zero-order valence-electron chi connectivity index (χ0n) is 9.68. The summed E-state index contributed by atoms with van der Waals surface area (Å²) in [7, 11) is 0. The maximum absolute atomic E-state index is 4.33. The molecule has 0 amide bonds. The van der Waals surface area contributed by atoms with Crippen LogP contribution in [0.5, 0.6) is 0 Å². The molecule has 0 aliphatic carbocycles. The Kier molecular flexibility index (Phi) is 3.74. The number of aromatic nitrogens is 2. The first-order chi connectivity index (χ1) is 7.86. The van der Waals surface area contributed by atoms with E-state index < -0.39 is 0 Å². The van der Waals surface area contributed by atoms with Crippen molar-refractivity contribution in [1.82, 2.24) is 15.1 Å². The van der Waals surface area contributed by atoms with Gasteiger partial charge in [0.25, 0.3) is 0 Å². The van der Waals surface area contributed by atoms with Crippen LogP contribution in [0.1, 0.15) is 31.1 Å². The minimum Gasteiger partial charge on any atom is -0.305 e. The molecule has 86 valence electrons. The second-order valence-electron chi connectivity index (χ2n) is 3.62. The Labute approximate surface area is 100 Å². The number of aryl methyl sites for hydroxylation is 1. The molecule has 2 heterocycles. The molecule has 1 N–H and O–H groups in total. The lowest BCUT2D eigenvalue weighted by atomic mass is 10.1. The van der Waals surface area contributed by atoms with Gasteiger partial charge in [-0.1, -0.05) is 6.92 Å². The van der Waals surface area contributed by atoms with Gasteiger partial charge in [0.1, 0.15) is 0 Å². The van der Waals surface area contributed by atoms with Crippen LogP contribution in [0, 0.1) is 0 Å². The van der Waals surface area contributed by atoms with E-state index in [0.717, 1.165) is 13.1 Å². The van der Waals surface area contributed by atoms with E-state index in [2.05, 4.69) is 47.2 Å². The molecule has 16 heavy (non-hydrogen) atoms. The van der Waals surface area contributed by atoms with E-state index in [0.29, 0.717) is 0 Å². The Morgan fingerprint density at radius 3 is 2.94 bits per heavy atom. The maximum Gasteiger partial charge on any atom is 0.0756 e. The van der Waals surface area contributed by atoms with Crippen molar-refractivity contribution in [3.63, 3.8) is 0 Å². The molecule has 2 aromatic heterocycles. The van der Waals surface area contributed by atoms with Crippen LogP contribution in [0.15, 0.2) is 29.1 Å². The molecule has 0 bridgehead atoms. The number of hydrogen-bond donors (Lipinski definition) is 1. The van der Waals surface area contributed by atoms with Crippen molar-refractivity contribution in [2.75, 3.05) is 6.54 Å². The Morgan fingerprint density at radius 2 is 2.31 bits per heavy atom. The fourth-order valence-corrected chi connectivity index (χ4v) is 2.57. The van der Waals surface area contributed by atoms with Crippen molar-refractivity contribution in [2.45, 2.75) is 26.4 Å². The van der Waals surface area contributed by atoms with Gasteiger partial charge in [0.2, 0.25) is 0 Å². The Balaban J connectivity index is 2.33. The lowest BCUT2D eigenvalue weighted by Crippen LogP contribution is -2.24. The Hall–Kier alpha value is -1.13. The van der Waals surface area contributed by atoms with Crippen LogP contribution in [0.4, 0.5) is 0 Å². The molecular formula is C12H17N3S. The van der Waals surface area contributed by atoms with Crippen LogP contribution in [0.2, 0.25) is 0 Å². The van der Waals surface area contributed by atoms with Gasteiger partial charge in [-0.3, -0.25) is 4.68 Å². The SMILES string of the molecule is CCNC(c1ccsc1)c1ccnn1CC. The van der Waals surface area contributed by atoms with E-state index in [1.807, 2.05) is 10.9 Å². The highest BCUT2D eigenvalue weighted by Crippen LogP contribution is 2.23. The fourth-order valence-electron chi connectivity index (χ4n) is 1.89. The van der Waals surface area contributed by atoms with E-state index in [4.69, 9.17) is 0 Å². The van der Waals surface area contributed by atoms with Gasteiger partial charge in [0.05, 0.1) is 11.7 Å². The van der Waals surface area contributed by atoms with Gasteiger partial charge in [-0.05, 0) is 41.9 Å². The molecule has 2 rings (SSSR count). The minimum absolute atomic E-state index is 0.263. The summed E-state index contributed by atoms with van der Waals surface area (Å²) in [5.74, 6) is 0. The predicted molar refractivity (Wildman–Crippen MR) is 67.7 cm³/mol. The van der Waals surface area contributed by atoms with Crippen molar-refractivity contribution in [2.24, 2.45) is 0 Å². The summed E-state index contributed by atoms with van der Waals surface area (Å²) in [6.07, 6.45) is 1.87. The van der Waals surface area contributed by atoms with E-state index in [1.54, 1.807) is 11.3 Å². The van der Waals surface area contributed by atoms with Gasteiger partial charge in [0, 0.05) is 12.7 Å². The quantitative estimate of drug-likeness (QED) is 0.863.